The van der Waals surface area contributed by atoms with Gasteiger partial charge < -0.3 is 15.8 Å². The van der Waals surface area contributed by atoms with Gasteiger partial charge in [0.2, 0.25) is 0 Å². The van der Waals surface area contributed by atoms with Gasteiger partial charge in [-0.2, -0.15) is 0 Å². The quantitative estimate of drug-likeness (QED) is 0.856. The molecule has 3 rings (SSSR count). The van der Waals surface area contributed by atoms with Crippen LogP contribution in [0.4, 0.5) is 5.69 Å². The van der Waals surface area contributed by atoms with Gasteiger partial charge in [-0.05, 0) is 49.6 Å². The zero-order chi connectivity index (χ0) is 18.7. The maximum absolute atomic E-state index is 12.8. The smallest absolute Gasteiger partial charge is 0.255 e. The number of hydrogen-bond acceptors (Lipinski definition) is 5. The van der Waals surface area contributed by atoms with Crippen molar-refractivity contribution in [1.82, 2.24) is 0 Å². The van der Waals surface area contributed by atoms with Gasteiger partial charge in [0.05, 0.1) is 18.3 Å². The highest BCUT2D eigenvalue weighted by Crippen LogP contribution is 2.35. The lowest BCUT2D eigenvalue weighted by Crippen LogP contribution is -2.29. The van der Waals surface area contributed by atoms with Crippen molar-refractivity contribution < 1.29 is 9.53 Å². The third kappa shape index (κ3) is 3.70. The summed E-state index contributed by atoms with van der Waals surface area (Å²) < 4.78 is 5.36. The van der Waals surface area contributed by atoms with Crippen molar-refractivity contribution >= 4 is 28.5 Å². The molecule has 1 amide bonds. The number of amidine groups is 1. The van der Waals surface area contributed by atoms with Crippen LogP contribution in [-0.2, 0) is 5.54 Å². The van der Waals surface area contributed by atoms with E-state index >= 15 is 0 Å². The molecule has 1 aliphatic heterocycles. The van der Waals surface area contributed by atoms with Gasteiger partial charge in [0, 0.05) is 11.3 Å². The van der Waals surface area contributed by atoms with Crippen LogP contribution >= 0.6 is 11.8 Å². The van der Waals surface area contributed by atoms with Crippen LogP contribution in [0.3, 0.4) is 0 Å². The van der Waals surface area contributed by atoms with E-state index in [9.17, 15) is 4.79 Å². The summed E-state index contributed by atoms with van der Waals surface area (Å²) in [5.74, 6) is 1.39. The molecule has 0 saturated heterocycles. The third-order valence-electron chi connectivity index (χ3n) is 4.64. The van der Waals surface area contributed by atoms with Crippen molar-refractivity contribution in [2.75, 3.05) is 18.2 Å². The number of nitrogens with one attached hydrogen (secondary N) is 1. The number of ether oxygens (including phenoxy) is 1. The first-order chi connectivity index (χ1) is 12.4. The van der Waals surface area contributed by atoms with E-state index in [0.29, 0.717) is 22.2 Å². The Labute approximate surface area is 158 Å². The van der Waals surface area contributed by atoms with Crippen molar-refractivity contribution in [3.8, 4) is 5.75 Å². The Bertz CT molecular complexity index is 866. The number of para-hydroxylation sites is 1. The maximum Gasteiger partial charge on any atom is 0.255 e. The van der Waals surface area contributed by atoms with Crippen LogP contribution in [0, 0.1) is 6.92 Å². The van der Waals surface area contributed by atoms with E-state index in [2.05, 4.69) is 17.2 Å². The number of rotatable bonds is 4. The first kappa shape index (κ1) is 18.3. The Morgan fingerprint density at radius 1 is 1.31 bits per heavy atom. The number of nitrogens with two attached hydrogens (primary N) is 1. The Morgan fingerprint density at radius 3 is 2.81 bits per heavy atom. The average Bonchev–Trinajstić information content (AvgIpc) is 2.63. The SMILES string of the molecule is COc1cccc(C)c1NC(=O)c1cccc(C2(C)CCSC(N)=N2)c1. The van der Waals surface area contributed by atoms with Crippen molar-refractivity contribution in [3.05, 3.63) is 59.2 Å². The Morgan fingerprint density at radius 2 is 2.08 bits per heavy atom. The number of benzene rings is 2. The molecule has 1 aliphatic rings. The second-order valence-electron chi connectivity index (χ2n) is 6.51. The molecular formula is C20H23N3O2S. The molecule has 6 heteroatoms. The van der Waals surface area contributed by atoms with E-state index in [1.165, 1.54) is 0 Å². The predicted octanol–water partition coefficient (Wildman–Crippen LogP) is 3.92. The second-order valence-corrected chi connectivity index (χ2v) is 7.62. The number of aliphatic imine (C=N–C) groups is 1. The highest BCUT2D eigenvalue weighted by atomic mass is 32.2. The van der Waals surface area contributed by atoms with Crippen LogP contribution < -0.4 is 15.8 Å². The van der Waals surface area contributed by atoms with Crippen LogP contribution in [0.1, 0.15) is 34.8 Å². The number of thioether (sulfide) groups is 1. The zero-order valence-electron chi connectivity index (χ0n) is 15.2. The summed E-state index contributed by atoms with van der Waals surface area (Å²) in [6.45, 7) is 3.99. The number of amides is 1. The van der Waals surface area contributed by atoms with Crippen molar-refractivity contribution in [2.24, 2.45) is 10.7 Å². The molecule has 136 valence electrons. The van der Waals surface area contributed by atoms with Gasteiger partial charge >= 0.3 is 0 Å². The van der Waals surface area contributed by atoms with E-state index in [1.54, 1.807) is 24.9 Å². The molecule has 2 aromatic rings. The second kappa shape index (κ2) is 7.41. The number of hydrogen-bond donors (Lipinski definition) is 2. The lowest BCUT2D eigenvalue weighted by atomic mass is 9.88. The topological polar surface area (TPSA) is 76.7 Å². The summed E-state index contributed by atoms with van der Waals surface area (Å²) in [6, 6.07) is 13.2. The van der Waals surface area contributed by atoms with Crippen molar-refractivity contribution in [2.45, 2.75) is 25.8 Å². The van der Waals surface area contributed by atoms with Crippen LogP contribution in [0.15, 0.2) is 47.5 Å². The minimum Gasteiger partial charge on any atom is -0.495 e. The van der Waals surface area contributed by atoms with E-state index in [0.717, 1.165) is 23.3 Å². The van der Waals surface area contributed by atoms with Crippen LogP contribution in [0.25, 0.3) is 0 Å². The molecule has 0 fully saturated rings. The molecule has 26 heavy (non-hydrogen) atoms. The van der Waals surface area contributed by atoms with E-state index in [1.807, 2.05) is 43.3 Å². The summed E-state index contributed by atoms with van der Waals surface area (Å²) in [5.41, 5.74) is 8.73. The number of carbonyl (C=O) groups excluding carboxylic acids is 1. The van der Waals surface area contributed by atoms with Gasteiger partial charge in [0.1, 0.15) is 5.75 Å². The highest BCUT2D eigenvalue weighted by Gasteiger charge is 2.30. The van der Waals surface area contributed by atoms with Crippen molar-refractivity contribution in [1.29, 1.82) is 0 Å². The summed E-state index contributed by atoms with van der Waals surface area (Å²) >= 11 is 1.57. The molecule has 3 N–H and O–H groups in total. The molecule has 2 aromatic carbocycles. The molecule has 0 bridgehead atoms. The molecule has 0 saturated carbocycles. The number of methoxy groups -OCH3 is 1. The third-order valence-corrected chi connectivity index (χ3v) is 5.43. The van der Waals surface area contributed by atoms with Gasteiger partial charge in [0.15, 0.2) is 5.17 Å². The first-order valence-electron chi connectivity index (χ1n) is 8.46. The fourth-order valence-corrected chi connectivity index (χ4v) is 4.02. The number of aryl methyl sites for hydroxylation is 1. The fraction of sp³-hybridized carbons (Fsp3) is 0.300. The molecular weight excluding hydrogens is 346 g/mol. The van der Waals surface area contributed by atoms with Gasteiger partial charge in [0.25, 0.3) is 5.91 Å². The zero-order valence-corrected chi connectivity index (χ0v) is 16.0. The van der Waals surface area contributed by atoms with Crippen LogP contribution in [-0.4, -0.2) is 23.9 Å². The van der Waals surface area contributed by atoms with Gasteiger partial charge in [-0.15, -0.1) is 0 Å². The summed E-state index contributed by atoms with van der Waals surface area (Å²) in [5, 5.41) is 3.56. The minimum absolute atomic E-state index is 0.176. The Kier molecular flexibility index (Phi) is 5.23. The van der Waals surface area contributed by atoms with E-state index in [4.69, 9.17) is 10.5 Å². The van der Waals surface area contributed by atoms with Gasteiger partial charge in [-0.25, -0.2) is 0 Å². The lowest BCUT2D eigenvalue weighted by Gasteiger charge is -2.30. The molecule has 0 aromatic heterocycles. The fourth-order valence-electron chi connectivity index (χ4n) is 3.05. The molecule has 1 atom stereocenters. The Balaban J connectivity index is 1.89. The molecule has 0 aliphatic carbocycles. The standard InChI is InChI=1S/C20H23N3O2S/c1-13-6-4-9-16(25-3)17(13)22-18(24)14-7-5-8-15(12-14)20(2)10-11-26-19(21)23-20/h4-9,12H,10-11H2,1-3H3,(H2,21,23)(H,22,24). The summed E-state index contributed by atoms with van der Waals surface area (Å²) in [7, 11) is 1.59. The molecule has 0 spiro atoms. The molecule has 5 nitrogen and oxygen atoms in total. The monoisotopic (exact) mass is 369 g/mol. The maximum atomic E-state index is 12.8. The van der Waals surface area contributed by atoms with Gasteiger partial charge in [-0.3, -0.25) is 9.79 Å². The number of carbonyl (C=O) groups is 1. The molecule has 1 unspecified atom stereocenters. The Hall–Kier alpha value is -2.47. The van der Waals surface area contributed by atoms with E-state index in [-0.39, 0.29) is 5.91 Å². The normalized spacial score (nSPS) is 19.6. The van der Waals surface area contributed by atoms with Crippen molar-refractivity contribution in [3.63, 3.8) is 0 Å². The molecule has 1 heterocycles. The highest BCUT2D eigenvalue weighted by molar-refractivity contribution is 8.13. The van der Waals surface area contributed by atoms with E-state index < -0.39 is 5.54 Å². The van der Waals surface area contributed by atoms with Crippen LogP contribution in [0.5, 0.6) is 5.75 Å². The summed E-state index contributed by atoms with van der Waals surface area (Å²) in [4.78, 5) is 17.4. The first-order valence-corrected chi connectivity index (χ1v) is 9.45. The number of nitrogens with zero attached hydrogens (tertiary/aromatic N) is 1. The average molecular weight is 369 g/mol. The predicted molar refractivity (Wildman–Crippen MR) is 108 cm³/mol. The van der Waals surface area contributed by atoms with Gasteiger partial charge in [-0.1, -0.05) is 36.0 Å². The summed E-state index contributed by atoms with van der Waals surface area (Å²) in [6.07, 6.45) is 0.884. The van der Waals surface area contributed by atoms with Crippen LogP contribution in [0.2, 0.25) is 0 Å². The number of anilines is 1. The largest absolute Gasteiger partial charge is 0.495 e. The minimum atomic E-state index is -0.397. The lowest BCUT2D eigenvalue weighted by molar-refractivity contribution is 0.102. The molecule has 0 radical (unpaired) electrons.